The lowest BCUT2D eigenvalue weighted by atomic mass is 10.0. The standard InChI is InChI=1S/C27H23Cl2N3O3/c1-16-7-11-20(13-17(16)2)30-25(33)15-24-27(35)31-22-5-3-4-6-23(22)32(24)26(34)12-9-18-8-10-19(28)14-21(18)29/h3-14,24H,15H2,1-2H3,(H,30,33)(H,31,35). The molecule has 1 aliphatic rings. The van der Waals surface area contributed by atoms with Crippen LogP contribution < -0.4 is 15.5 Å². The van der Waals surface area contributed by atoms with Gasteiger partial charge in [-0.15, -0.1) is 0 Å². The first-order valence-electron chi connectivity index (χ1n) is 11.0. The Labute approximate surface area is 213 Å². The predicted octanol–water partition coefficient (Wildman–Crippen LogP) is 6.01. The Bertz CT molecular complexity index is 1350. The summed E-state index contributed by atoms with van der Waals surface area (Å²) < 4.78 is 0. The van der Waals surface area contributed by atoms with Gasteiger partial charge in [0.05, 0.1) is 17.8 Å². The molecule has 35 heavy (non-hydrogen) atoms. The van der Waals surface area contributed by atoms with Crippen molar-refractivity contribution >= 4 is 64.1 Å². The summed E-state index contributed by atoms with van der Waals surface area (Å²) in [7, 11) is 0. The van der Waals surface area contributed by atoms with Crippen LogP contribution in [0, 0.1) is 13.8 Å². The van der Waals surface area contributed by atoms with Crippen LogP contribution in [0.5, 0.6) is 0 Å². The third-order valence-electron chi connectivity index (χ3n) is 5.81. The van der Waals surface area contributed by atoms with Crippen molar-refractivity contribution in [1.82, 2.24) is 0 Å². The molecule has 8 heteroatoms. The van der Waals surface area contributed by atoms with Gasteiger partial charge >= 0.3 is 0 Å². The number of para-hydroxylation sites is 2. The first kappa shape index (κ1) is 24.5. The molecule has 0 radical (unpaired) electrons. The number of amides is 3. The molecule has 0 bridgehead atoms. The first-order chi connectivity index (χ1) is 16.7. The highest BCUT2D eigenvalue weighted by molar-refractivity contribution is 6.35. The molecule has 3 aromatic rings. The minimum absolute atomic E-state index is 0.214. The van der Waals surface area contributed by atoms with E-state index in [1.54, 1.807) is 54.6 Å². The van der Waals surface area contributed by atoms with Crippen LogP contribution in [-0.2, 0) is 14.4 Å². The van der Waals surface area contributed by atoms with Crippen LogP contribution in [-0.4, -0.2) is 23.8 Å². The van der Waals surface area contributed by atoms with Gasteiger partial charge in [-0.2, -0.15) is 0 Å². The van der Waals surface area contributed by atoms with Gasteiger partial charge in [-0.3, -0.25) is 19.3 Å². The number of hydrogen-bond donors (Lipinski definition) is 2. The molecule has 0 spiro atoms. The van der Waals surface area contributed by atoms with Crippen LogP contribution >= 0.6 is 23.2 Å². The number of nitrogens with one attached hydrogen (secondary N) is 2. The molecule has 1 heterocycles. The lowest BCUT2D eigenvalue weighted by Gasteiger charge is -2.35. The van der Waals surface area contributed by atoms with Crippen molar-refractivity contribution in [3.8, 4) is 0 Å². The Kier molecular flexibility index (Phi) is 7.24. The Morgan fingerprint density at radius 3 is 2.54 bits per heavy atom. The minimum atomic E-state index is -1.03. The normalized spacial score (nSPS) is 15.0. The van der Waals surface area contributed by atoms with E-state index in [0.29, 0.717) is 32.7 Å². The second-order valence-corrected chi connectivity index (χ2v) is 9.12. The zero-order valence-electron chi connectivity index (χ0n) is 19.1. The van der Waals surface area contributed by atoms with Gasteiger partial charge in [0.1, 0.15) is 6.04 Å². The van der Waals surface area contributed by atoms with Crippen LogP contribution in [0.25, 0.3) is 6.08 Å². The summed E-state index contributed by atoms with van der Waals surface area (Å²) in [6, 6.07) is 16.5. The molecule has 0 saturated carbocycles. The average Bonchev–Trinajstić information content (AvgIpc) is 2.81. The van der Waals surface area contributed by atoms with Gasteiger partial charge < -0.3 is 10.6 Å². The highest BCUT2D eigenvalue weighted by Gasteiger charge is 2.37. The van der Waals surface area contributed by atoms with E-state index in [9.17, 15) is 14.4 Å². The quantitative estimate of drug-likeness (QED) is 0.415. The Morgan fingerprint density at radius 2 is 1.80 bits per heavy atom. The van der Waals surface area contributed by atoms with Crippen molar-refractivity contribution in [3.63, 3.8) is 0 Å². The minimum Gasteiger partial charge on any atom is -0.326 e. The maximum absolute atomic E-state index is 13.3. The zero-order valence-corrected chi connectivity index (χ0v) is 20.7. The molecule has 0 aromatic heterocycles. The maximum atomic E-state index is 13.3. The van der Waals surface area contributed by atoms with Crippen molar-refractivity contribution < 1.29 is 14.4 Å². The van der Waals surface area contributed by atoms with Crippen molar-refractivity contribution in [1.29, 1.82) is 0 Å². The number of aryl methyl sites for hydroxylation is 2. The molecule has 1 atom stereocenters. The molecule has 3 aromatic carbocycles. The summed E-state index contributed by atoms with van der Waals surface area (Å²) in [6.07, 6.45) is 2.68. The second-order valence-electron chi connectivity index (χ2n) is 8.28. The molecule has 0 fully saturated rings. The van der Waals surface area contributed by atoms with Gasteiger partial charge in [0.2, 0.25) is 11.8 Å². The van der Waals surface area contributed by atoms with E-state index in [1.807, 2.05) is 26.0 Å². The zero-order chi connectivity index (χ0) is 25.1. The van der Waals surface area contributed by atoms with E-state index in [4.69, 9.17) is 23.2 Å². The fraction of sp³-hybridized carbons (Fsp3) is 0.148. The molecule has 0 saturated heterocycles. The van der Waals surface area contributed by atoms with E-state index in [1.165, 1.54) is 11.0 Å². The highest BCUT2D eigenvalue weighted by Crippen LogP contribution is 2.33. The number of hydrogen-bond acceptors (Lipinski definition) is 3. The van der Waals surface area contributed by atoms with Crippen LogP contribution in [0.3, 0.4) is 0 Å². The van der Waals surface area contributed by atoms with Crippen LogP contribution in [0.15, 0.2) is 66.7 Å². The van der Waals surface area contributed by atoms with Crippen molar-refractivity contribution in [2.24, 2.45) is 0 Å². The summed E-state index contributed by atoms with van der Waals surface area (Å²) in [4.78, 5) is 40.6. The van der Waals surface area contributed by atoms with Crippen LogP contribution in [0.2, 0.25) is 10.0 Å². The number of rotatable bonds is 5. The second kappa shape index (κ2) is 10.3. The van der Waals surface area contributed by atoms with E-state index < -0.39 is 17.9 Å². The molecule has 2 N–H and O–H groups in total. The average molecular weight is 508 g/mol. The number of anilines is 3. The molecule has 0 aliphatic carbocycles. The van der Waals surface area contributed by atoms with Gasteiger partial charge in [0, 0.05) is 21.8 Å². The van der Waals surface area contributed by atoms with E-state index in [0.717, 1.165) is 11.1 Å². The Balaban J connectivity index is 1.61. The third-order valence-corrected chi connectivity index (χ3v) is 6.37. The molecule has 1 aliphatic heterocycles. The largest absolute Gasteiger partial charge is 0.326 e. The molecular weight excluding hydrogens is 485 g/mol. The Morgan fingerprint density at radius 1 is 1.03 bits per heavy atom. The van der Waals surface area contributed by atoms with Crippen molar-refractivity contribution in [2.75, 3.05) is 15.5 Å². The molecule has 6 nitrogen and oxygen atoms in total. The lowest BCUT2D eigenvalue weighted by molar-refractivity contribution is -0.124. The number of nitrogens with zero attached hydrogens (tertiary/aromatic N) is 1. The number of halogens is 2. The molecule has 4 rings (SSSR count). The van der Waals surface area contributed by atoms with Gasteiger partial charge in [0.25, 0.3) is 5.91 Å². The topological polar surface area (TPSA) is 78.5 Å². The van der Waals surface area contributed by atoms with Gasteiger partial charge in [-0.1, -0.05) is 47.5 Å². The number of fused-ring (bicyclic) bond motifs is 1. The van der Waals surface area contributed by atoms with Crippen LogP contribution in [0.1, 0.15) is 23.1 Å². The third kappa shape index (κ3) is 5.56. The first-order valence-corrected chi connectivity index (χ1v) is 11.7. The Hall–Kier alpha value is -3.61. The van der Waals surface area contributed by atoms with Crippen molar-refractivity contribution in [3.05, 3.63) is 93.5 Å². The van der Waals surface area contributed by atoms with Crippen molar-refractivity contribution in [2.45, 2.75) is 26.3 Å². The smallest absolute Gasteiger partial charge is 0.251 e. The van der Waals surface area contributed by atoms with E-state index in [-0.39, 0.29) is 12.3 Å². The summed E-state index contributed by atoms with van der Waals surface area (Å²) in [5.41, 5.74) is 4.38. The number of carbonyl (C=O) groups excluding carboxylic acids is 3. The SMILES string of the molecule is Cc1ccc(NC(=O)CC2C(=O)Nc3ccccc3N2C(=O)C=Cc2ccc(Cl)cc2Cl)cc1C. The summed E-state index contributed by atoms with van der Waals surface area (Å²) >= 11 is 12.2. The van der Waals surface area contributed by atoms with Gasteiger partial charge in [-0.25, -0.2) is 0 Å². The molecule has 178 valence electrons. The number of carbonyl (C=O) groups is 3. The fourth-order valence-electron chi connectivity index (χ4n) is 3.83. The number of benzene rings is 3. The highest BCUT2D eigenvalue weighted by atomic mass is 35.5. The molecular formula is C27H23Cl2N3O3. The predicted molar refractivity (Wildman–Crippen MR) is 141 cm³/mol. The monoisotopic (exact) mass is 507 g/mol. The van der Waals surface area contributed by atoms with Gasteiger partial charge in [-0.05, 0) is 73.0 Å². The van der Waals surface area contributed by atoms with E-state index >= 15 is 0 Å². The lowest BCUT2D eigenvalue weighted by Crippen LogP contribution is -2.52. The molecule has 1 unspecified atom stereocenters. The summed E-state index contributed by atoms with van der Waals surface area (Å²) in [5.74, 6) is -1.28. The van der Waals surface area contributed by atoms with Crippen LogP contribution in [0.4, 0.5) is 17.1 Å². The van der Waals surface area contributed by atoms with Gasteiger partial charge in [0.15, 0.2) is 0 Å². The summed E-state index contributed by atoms with van der Waals surface area (Å²) in [6.45, 7) is 3.94. The fourth-order valence-corrected chi connectivity index (χ4v) is 4.30. The van der Waals surface area contributed by atoms with E-state index in [2.05, 4.69) is 10.6 Å². The summed E-state index contributed by atoms with van der Waals surface area (Å²) in [5, 5.41) is 6.50. The maximum Gasteiger partial charge on any atom is 0.251 e. The molecule has 3 amide bonds.